The Hall–Kier alpha value is -7.57. The summed E-state index contributed by atoms with van der Waals surface area (Å²) in [5.74, 6) is 0.882. The SMILES string of the molecule is COc1ccc(S(=O)(=O)N2CCN(C(=O)OC(C)(C)C)CC2C(=O)N2CCN(C(c3ccccc3)c3ccccc3)CC2)cc1OC.COc1ccc(S(=O)(=O)N2CCNCC2C(=O)N2CCN(C(c3ccccc3)c3ccccc3)CC2)cc1OC. The Bertz CT molecular complexity index is 3420. The van der Waals surface area contributed by atoms with Crippen LogP contribution in [0.3, 0.4) is 0 Å². The van der Waals surface area contributed by atoms with Crippen LogP contribution in [0.4, 0.5) is 4.79 Å². The Balaban J connectivity index is 0.000000210. The highest BCUT2D eigenvalue weighted by Crippen LogP contribution is 2.36. The summed E-state index contributed by atoms with van der Waals surface area (Å²) in [5.41, 5.74) is 3.98. The Kier molecular flexibility index (Phi) is 20.9. The number of carbonyl (C=O) groups excluding carboxylic acids is 3. The molecule has 6 aromatic carbocycles. The van der Waals surface area contributed by atoms with Crippen molar-refractivity contribution in [3.05, 3.63) is 180 Å². The Morgan fingerprint density at radius 2 is 0.805 bits per heavy atom. The zero-order valence-electron chi connectivity index (χ0n) is 50.6. The van der Waals surface area contributed by atoms with Crippen LogP contribution in [0.25, 0.3) is 0 Å². The van der Waals surface area contributed by atoms with Crippen LogP contribution in [0.1, 0.15) is 55.1 Å². The molecule has 22 heteroatoms. The molecule has 0 spiro atoms. The number of ether oxygens (including phenoxy) is 5. The molecule has 4 heterocycles. The number of benzene rings is 6. The molecule has 464 valence electrons. The number of piperazine rings is 4. The maximum atomic E-state index is 14.3. The van der Waals surface area contributed by atoms with E-state index in [0.29, 0.717) is 76.2 Å². The van der Waals surface area contributed by atoms with Gasteiger partial charge in [-0.05, 0) is 67.3 Å². The number of amides is 3. The summed E-state index contributed by atoms with van der Waals surface area (Å²) < 4.78 is 85.1. The average molecular weight is 1230 g/mol. The number of nitrogens with one attached hydrogen (secondary N) is 1. The summed E-state index contributed by atoms with van der Waals surface area (Å²) in [4.78, 5) is 50.9. The van der Waals surface area contributed by atoms with Crippen molar-refractivity contribution in [1.82, 2.24) is 38.4 Å². The van der Waals surface area contributed by atoms with Crippen molar-refractivity contribution in [3.63, 3.8) is 0 Å². The minimum absolute atomic E-state index is 0.00826. The predicted molar refractivity (Wildman–Crippen MR) is 331 cm³/mol. The Labute approximate surface area is 512 Å². The second kappa shape index (κ2) is 28.5. The lowest BCUT2D eigenvalue weighted by molar-refractivity contribution is -0.139. The van der Waals surface area contributed by atoms with Gasteiger partial charge in [-0.3, -0.25) is 19.4 Å². The maximum absolute atomic E-state index is 14.3. The van der Waals surface area contributed by atoms with Crippen molar-refractivity contribution < 1.29 is 54.9 Å². The highest BCUT2D eigenvalue weighted by molar-refractivity contribution is 7.89. The van der Waals surface area contributed by atoms with Crippen LogP contribution in [0, 0.1) is 0 Å². The number of carbonyl (C=O) groups is 3. The molecule has 4 fully saturated rings. The predicted octanol–water partition coefficient (Wildman–Crippen LogP) is 6.85. The fourth-order valence-electron chi connectivity index (χ4n) is 11.7. The normalized spacial score (nSPS) is 18.6. The standard InChI is InChI=1S/C35H44N4O7S.C30H36N4O5S/c1-35(2,3)46-34(41)38-22-23-39(47(42,43)28-16-17-30(44-4)31(24-28)45-5)29(25-38)33(40)37-20-18-36(19-21-37)32(26-12-8-6-9-13-26)27-14-10-7-11-15-27;1-38-27-14-13-25(21-28(27)39-2)40(36,37)34-16-15-31-22-26(34)30(35)33-19-17-32(18-20-33)29(23-9-5-3-6-10-23)24-11-7-4-8-12-24/h6-17,24,29,32H,18-23,25H2,1-5H3;3-14,21,26,29,31H,15-20,22H2,1-2H3. The zero-order chi connectivity index (χ0) is 61.9. The van der Waals surface area contributed by atoms with E-state index in [9.17, 15) is 31.2 Å². The third kappa shape index (κ3) is 14.9. The van der Waals surface area contributed by atoms with E-state index in [0.717, 1.165) is 11.1 Å². The van der Waals surface area contributed by atoms with E-state index >= 15 is 0 Å². The molecule has 2 atom stereocenters. The summed E-state index contributed by atoms with van der Waals surface area (Å²) in [6.07, 6.45) is -0.586. The molecule has 6 aromatic rings. The smallest absolute Gasteiger partial charge is 0.410 e. The highest BCUT2D eigenvalue weighted by Gasteiger charge is 2.45. The van der Waals surface area contributed by atoms with Crippen molar-refractivity contribution in [2.24, 2.45) is 0 Å². The van der Waals surface area contributed by atoms with Crippen molar-refractivity contribution in [1.29, 1.82) is 0 Å². The lowest BCUT2D eigenvalue weighted by Gasteiger charge is -2.44. The van der Waals surface area contributed by atoms with Crippen LogP contribution in [-0.4, -0.2) is 206 Å². The third-order valence-electron chi connectivity index (χ3n) is 16.1. The first kappa shape index (κ1) is 63.9. The molecule has 1 N–H and O–H groups in total. The first-order chi connectivity index (χ1) is 41.9. The van der Waals surface area contributed by atoms with E-state index in [1.54, 1.807) is 36.6 Å². The number of hydrogen-bond acceptors (Lipinski definition) is 15. The molecule has 4 saturated heterocycles. The lowest BCUT2D eigenvalue weighted by atomic mass is 9.96. The maximum Gasteiger partial charge on any atom is 0.410 e. The van der Waals surface area contributed by atoms with E-state index in [1.807, 2.05) is 48.5 Å². The van der Waals surface area contributed by atoms with Gasteiger partial charge in [0.15, 0.2) is 23.0 Å². The molecule has 20 nitrogen and oxygen atoms in total. The molecule has 0 radical (unpaired) electrons. The molecule has 3 amide bonds. The van der Waals surface area contributed by atoms with Crippen LogP contribution >= 0.6 is 0 Å². The first-order valence-corrected chi connectivity index (χ1v) is 32.2. The second-order valence-corrected chi connectivity index (χ2v) is 26.4. The summed E-state index contributed by atoms with van der Waals surface area (Å²) in [5, 5.41) is 3.21. The van der Waals surface area contributed by atoms with Crippen LogP contribution in [-0.2, 0) is 34.4 Å². The van der Waals surface area contributed by atoms with E-state index in [-0.39, 0.29) is 72.2 Å². The molecule has 0 aromatic heterocycles. The first-order valence-electron chi connectivity index (χ1n) is 29.3. The van der Waals surface area contributed by atoms with Gasteiger partial charge in [-0.15, -0.1) is 0 Å². The molecule has 2 unspecified atom stereocenters. The van der Waals surface area contributed by atoms with Gasteiger partial charge >= 0.3 is 6.09 Å². The molecule has 0 bridgehead atoms. The fourth-order valence-corrected chi connectivity index (χ4v) is 14.9. The van der Waals surface area contributed by atoms with Gasteiger partial charge in [0.2, 0.25) is 31.9 Å². The van der Waals surface area contributed by atoms with E-state index in [2.05, 4.69) is 87.9 Å². The zero-order valence-corrected chi connectivity index (χ0v) is 52.2. The molecule has 4 aliphatic rings. The van der Waals surface area contributed by atoms with Gasteiger partial charge in [-0.2, -0.15) is 8.61 Å². The minimum atomic E-state index is -4.17. The fraction of sp³-hybridized carbons (Fsp3) is 0.400. The van der Waals surface area contributed by atoms with Crippen LogP contribution < -0.4 is 24.3 Å². The number of rotatable bonds is 16. The van der Waals surface area contributed by atoms with Gasteiger partial charge < -0.3 is 43.7 Å². The second-order valence-electron chi connectivity index (χ2n) is 22.6. The minimum Gasteiger partial charge on any atom is -0.493 e. The summed E-state index contributed by atoms with van der Waals surface area (Å²) >= 11 is 0. The van der Waals surface area contributed by atoms with Crippen molar-refractivity contribution in [2.75, 3.05) is 120 Å². The molecule has 87 heavy (non-hydrogen) atoms. The third-order valence-corrected chi connectivity index (χ3v) is 19.9. The van der Waals surface area contributed by atoms with Crippen molar-refractivity contribution >= 4 is 38.0 Å². The van der Waals surface area contributed by atoms with E-state index in [1.165, 1.54) is 83.4 Å². The average Bonchev–Trinajstić information content (AvgIpc) is 1.25. The molecule has 0 aliphatic carbocycles. The molecular formula is C65H80N8O12S2. The summed E-state index contributed by atoms with van der Waals surface area (Å²) in [7, 11) is -2.26. The van der Waals surface area contributed by atoms with Crippen molar-refractivity contribution in [3.8, 4) is 23.0 Å². The number of hydrogen-bond donors (Lipinski definition) is 1. The summed E-state index contributed by atoms with van der Waals surface area (Å²) in [6.45, 7) is 10.5. The van der Waals surface area contributed by atoms with Gasteiger partial charge in [0.05, 0.1) is 50.3 Å². The number of methoxy groups -OCH3 is 4. The quantitative estimate of drug-likeness (QED) is 0.105. The monoisotopic (exact) mass is 1230 g/mol. The summed E-state index contributed by atoms with van der Waals surface area (Å²) in [6, 6.07) is 48.3. The largest absolute Gasteiger partial charge is 0.493 e. The number of sulfonamides is 2. The van der Waals surface area contributed by atoms with Gasteiger partial charge in [0, 0.05) is 104 Å². The molecule has 10 rings (SSSR count). The topological polar surface area (TPSA) is 200 Å². The Morgan fingerprint density at radius 1 is 0.448 bits per heavy atom. The van der Waals surface area contributed by atoms with Crippen LogP contribution in [0.5, 0.6) is 23.0 Å². The molecular weight excluding hydrogens is 1150 g/mol. The van der Waals surface area contributed by atoms with Crippen LogP contribution in [0.15, 0.2) is 168 Å². The van der Waals surface area contributed by atoms with Gasteiger partial charge in [-0.1, -0.05) is 121 Å². The molecule has 0 saturated carbocycles. The number of nitrogens with zero attached hydrogens (tertiary/aromatic N) is 7. The van der Waals surface area contributed by atoms with Crippen LogP contribution in [0.2, 0.25) is 0 Å². The van der Waals surface area contributed by atoms with Gasteiger partial charge in [-0.25, -0.2) is 21.6 Å². The van der Waals surface area contributed by atoms with E-state index < -0.39 is 43.8 Å². The van der Waals surface area contributed by atoms with Gasteiger partial charge in [0.25, 0.3) is 0 Å². The lowest BCUT2D eigenvalue weighted by Crippen LogP contribution is -2.63. The van der Waals surface area contributed by atoms with Crippen molar-refractivity contribution in [2.45, 2.75) is 60.3 Å². The Morgan fingerprint density at radius 3 is 1.17 bits per heavy atom. The van der Waals surface area contributed by atoms with E-state index in [4.69, 9.17) is 23.7 Å². The highest BCUT2D eigenvalue weighted by atomic mass is 32.2. The van der Waals surface area contributed by atoms with Gasteiger partial charge in [0.1, 0.15) is 17.7 Å². The molecule has 4 aliphatic heterocycles.